The summed E-state index contributed by atoms with van der Waals surface area (Å²) < 4.78 is 1.91. The van der Waals surface area contributed by atoms with E-state index in [4.69, 9.17) is 11.6 Å². The molecule has 2 atom stereocenters. The maximum Gasteiger partial charge on any atom is 0.113 e. The molecule has 4 rings (SSSR count). The summed E-state index contributed by atoms with van der Waals surface area (Å²) in [7, 11) is 0. The van der Waals surface area contributed by atoms with Gasteiger partial charge in [-0.25, -0.2) is 4.68 Å². The highest BCUT2D eigenvalue weighted by Crippen LogP contribution is 2.34. The van der Waals surface area contributed by atoms with Crippen LogP contribution in [-0.4, -0.2) is 15.0 Å². The number of aromatic nitrogens is 3. The SMILES string of the molecule is C=CC(C(Nc1ccccc1Cl)c1ccccc1)n1nnc2ccccc21. The first-order valence-electron chi connectivity index (χ1n) is 8.76. The van der Waals surface area contributed by atoms with Crippen LogP contribution >= 0.6 is 11.6 Å². The lowest BCUT2D eigenvalue weighted by molar-refractivity contribution is 0.478. The van der Waals surface area contributed by atoms with Crippen molar-refractivity contribution in [1.82, 2.24) is 15.0 Å². The second-order valence-corrected chi connectivity index (χ2v) is 6.67. The van der Waals surface area contributed by atoms with Gasteiger partial charge in [0.25, 0.3) is 0 Å². The van der Waals surface area contributed by atoms with E-state index in [1.807, 2.05) is 77.5 Å². The van der Waals surface area contributed by atoms with Crippen molar-refractivity contribution < 1.29 is 0 Å². The number of hydrogen-bond acceptors (Lipinski definition) is 3. The van der Waals surface area contributed by atoms with Crippen LogP contribution < -0.4 is 5.32 Å². The Hall–Kier alpha value is -3.11. The molecule has 0 fully saturated rings. The summed E-state index contributed by atoms with van der Waals surface area (Å²) in [5.74, 6) is 0. The van der Waals surface area contributed by atoms with Gasteiger partial charge in [0.05, 0.1) is 28.3 Å². The van der Waals surface area contributed by atoms with Gasteiger partial charge in [-0.2, -0.15) is 0 Å². The number of anilines is 1. The Kier molecular flexibility index (Phi) is 4.90. The number of benzene rings is 3. The third kappa shape index (κ3) is 3.44. The minimum Gasteiger partial charge on any atom is -0.375 e. The normalized spacial score (nSPS) is 13.2. The van der Waals surface area contributed by atoms with Gasteiger partial charge in [-0.1, -0.05) is 77.5 Å². The molecule has 134 valence electrons. The monoisotopic (exact) mass is 374 g/mol. The Balaban J connectivity index is 1.81. The highest BCUT2D eigenvalue weighted by molar-refractivity contribution is 6.33. The predicted molar refractivity (Wildman–Crippen MR) is 111 cm³/mol. The molecule has 5 heteroatoms. The number of rotatable bonds is 6. The first-order valence-corrected chi connectivity index (χ1v) is 9.14. The standard InChI is InChI=1S/C22H19ClN4/c1-2-20(27-21-15-9-8-14-19(21)25-26-27)22(16-10-4-3-5-11-16)24-18-13-7-6-12-17(18)23/h2-15,20,22,24H,1H2. The van der Waals surface area contributed by atoms with Crippen LogP contribution in [-0.2, 0) is 0 Å². The summed E-state index contributed by atoms with van der Waals surface area (Å²) in [5, 5.41) is 12.9. The maximum absolute atomic E-state index is 6.40. The number of para-hydroxylation sites is 2. The lowest BCUT2D eigenvalue weighted by Crippen LogP contribution is -2.24. The van der Waals surface area contributed by atoms with Crippen molar-refractivity contribution in [2.24, 2.45) is 0 Å². The van der Waals surface area contributed by atoms with E-state index in [0.717, 1.165) is 22.3 Å². The van der Waals surface area contributed by atoms with Gasteiger partial charge in [-0.05, 0) is 29.8 Å². The summed E-state index contributed by atoms with van der Waals surface area (Å²) in [6, 6.07) is 25.6. The van der Waals surface area contributed by atoms with Gasteiger partial charge in [0.15, 0.2) is 0 Å². The predicted octanol–water partition coefficient (Wildman–Crippen LogP) is 5.67. The quantitative estimate of drug-likeness (QED) is 0.442. The van der Waals surface area contributed by atoms with Crippen LogP contribution in [0.15, 0.2) is 91.5 Å². The molecule has 0 saturated carbocycles. The van der Waals surface area contributed by atoms with Crippen molar-refractivity contribution in [3.8, 4) is 0 Å². The number of hydrogen-bond donors (Lipinski definition) is 1. The van der Waals surface area contributed by atoms with Crippen molar-refractivity contribution in [3.63, 3.8) is 0 Å². The molecule has 0 saturated heterocycles. The molecular formula is C22H19ClN4. The Labute approximate surface area is 163 Å². The molecule has 1 N–H and O–H groups in total. The van der Waals surface area contributed by atoms with E-state index in [-0.39, 0.29) is 12.1 Å². The summed E-state index contributed by atoms with van der Waals surface area (Å²) in [6.45, 7) is 4.07. The fourth-order valence-electron chi connectivity index (χ4n) is 3.26. The molecule has 1 heterocycles. The van der Waals surface area contributed by atoms with Crippen molar-refractivity contribution in [3.05, 3.63) is 102 Å². The molecule has 4 aromatic rings. The van der Waals surface area contributed by atoms with Crippen LogP contribution in [0.25, 0.3) is 11.0 Å². The average molecular weight is 375 g/mol. The van der Waals surface area contributed by atoms with Crippen LogP contribution in [0.3, 0.4) is 0 Å². The Morgan fingerprint density at radius 2 is 1.63 bits per heavy atom. The fraction of sp³-hybridized carbons (Fsp3) is 0.0909. The van der Waals surface area contributed by atoms with E-state index in [9.17, 15) is 0 Å². The molecule has 4 nitrogen and oxygen atoms in total. The third-order valence-corrected chi connectivity index (χ3v) is 4.92. The molecule has 1 aromatic heterocycles. The number of fused-ring (bicyclic) bond motifs is 1. The molecule has 0 spiro atoms. The molecular weight excluding hydrogens is 356 g/mol. The topological polar surface area (TPSA) is 42.7 Å². The maximum atomic E-state index is 6.40. The van der Waals surface area contributed by atoms with Crippen molar-refractivity contribution in [2.45, 2.75) is 12.1 Å². The largest absolute Gasteiger partial charge is 0.375 e. The van der Waals surface area contributed by atoms with Crippen LogP contribution in [0.1, 0.15) is 17.6 Å². The van der Waals surface area contributed by atoms with Gasteiger partial charge < -0.3 is 5.32 Å². The summed E-state index contributed by atoms with van der Waals surface area (Å²) >= 11 is 6.40. The Morgan fingerprint density at radius 1 is 0.926 bits per heavy atom. The van der Waals surface area contributed by atoms with Gasteiger partial charge in [0.2, 0.25) is 0 Å². The number of nitrogens with one attached hydrogen (secondary N) is 1. The van der Waals surface area contributed by atoms with Crippen molar-refractivity contribution in [2.75, 3.05) is 5.32 Å². The highest BCUT2D eigenvalue weighted by atomic mass is 35.5. The number of halogens is 1. The zero-order valence-electron chi connectivity index (χ0n) is 14.7. The highest BCUT2D eigenvalue weighted by Gasteiger charge is 2.25. The smallest absolute Gasteiger partial charge is 0.113 e. The first kappa shape index (κ1) is 17.3. The zero-order chi connectivity index (χ0) is 18.6. The van der Waals surface area contributed by atoms with E-state index in [1.165, 1.54) is 0 Å². The summed E-state index contributed by atoms with van der Waals surface area (Å²) in [5.41, 5.74) is 3.80. The lowest BCUT2D eigenvalue weighted by Gasteiger charge is -2.28. The van der Waals surface area contributed by atoms with Crippen LogP contribution in [0, 0.1) is 0 Å². The van der Waals surface area contributed by atoms with E-state index in [1.54, 1.807) is 0 Å². The van der Waals surface area contributed by atoms with Crippen LogP contribution in [0.5, 0.6) is 0 Å². The van der Waals surface area contributed by atoms with E-state index < -0.39 is 0 Å². The van der Waals surface area contributed by atoms with Gasteiger partial charge >= 0.3 is 0 Å². The van der Waals surface area contributed by atoms with Crippen molar-refractivity contribution in [1.29, 1.82) is 0 Å². The van der Waals surface area contributed by atoms with Crippen LogP contribution in [0.4, 0.5) is 5.69 Å². The molecule has 27 heavy (non-hydrogen) atoms. The Bertz CT molecular complexity index is 1060. The van der Waals surface area contributed by atoms with Crippen LogP contribution in [0.2, 0.25) is 5.02 Å². The van der Waals surface area contributed by atoms with Gasteiger partial charge in [-0.15, -0.1) is 11.7 Å². The fourth-order valence-corrected chi connectivity index (χ4v) is 3.45. The number of nitrogens with zero attached hydrogens (tertiary/aromatic N) is 3. The second-order valence-electron chi connectivity index (χ2n) is 6.26. The minimum atomic E-state index is -0.156. The van der Waals surface area contributed by atoms with Gasteiger partial charge in [-0.3, -0.25) is 0 Å². The molecule has 3 aromatic carbocycles. The van der Waals surface area contributed by atoms with Gasteiger partial charge in [0, 0.05) is 0 Å². The molecule has 0 bridgehead atoms. The average Bonchev–Trinajstić information content (AvgIpc) is 3.14. The third-order valence-electron chi connectivity index (χ3n) is 4.59. The summed E-state index contributed by atoms with van der Waals surface area (Å²) in [4.78, 5) is 0. The zero-order valence-corrected chi connectivity index (χ0v) is 15.4. The Morgan fingerprint density at radius 3 is 2.41 bits per heavy atom. The second kappa shape index (κ2) is 7.64. The van der Waals surface area contributed by atoms with E-state index in [2.05, 4.69) is 34.3 Å². The minimum absolute atomic E-state index is 0.117. The van der Waals surface area contributed by atoms with E-state index in [0.29, 0.717) is 5.02 Å². The summed E-state index contributed by atoms with van der Waals surface area (Å²) in [6.07, 6.45) is 1.89. The van der Waals surface area contributed by atoms with Crippen molar-refractivity contribution >= 4 is 28.3 Å². The van der Waals surface area contributed by atoms with Gasteiger partial charge in [0.1, 0.15) is 5.52 Å². The lowest BCUT2D eigenvalue weighted by atomic mass is 9.98. The first-order chi connectivity index (χ1) is 13.3. The molecule has 2 unspecified atom stereocenters. The molecule has 0 amide bonds. The molecule has 0 aliphatic rings. The molecule has 0 radical (unpaired) electrons. The molecule has 0 aliphatic carbocycles. The van der Waals surface area contributed by atoms with E-state index >= 15 is 0 Å². The molecule has 0 aliphatic heterocycles.